The van der Waals surface area contributed by atoms with Gasteiger partial charge >= 0.3 is 6.18 Å². The third-order valence-corrected chi connectivity index (χ3v) is 4.49. The van der Waals surface area contributed by atoms with Gasteiger partial charge in [-0.2, -0.15) is 13.2 Å². The van der Waals surface area contributed by atoms with Crippen molar-refractivity contribution in [1.29, 1.82) is 0 Å². The molecule has 0 bridgehead atoms. The highest BCUT2D eigenvalue weighted by molar-refractivity contribution is 5.34. The van der Waals surface area contributed by atoms with Crippen LogP contribution >= 0.6 is 0 Å². The summed E-state index contributed by atoms with van der Waals surface area (Å²) in [6.45, 7) is 4.83. The molecule has 2 aliphatic rings. The summed E-state index contributed by atoms with van der Waals surface area (Å²) in [5.74, 6) is -0.857. The molecule has 0 aliphatic carbocycles. The van der Waals surface area contributed by atoms with Gasteiger partial charge in [-0.1, -0.05) is 12.1 Å². The lowest BCUT2D eigenvalue weighted by atomic mass is 9.96. The molecular formula is C17H21F3O5. The molecule has 2 fully saturated rings. The summed E-state index contributed by atoms with van der Waals surface area (Å²) >= 11 is 0. The molecule has 8 heteroatoms. The molecule has 2 heterocycles. The Bertz CT molecular complexity index is 646. The van der Waals surface area contributed by atoms with Crippen LogP contribution in [0.15, 0.2) is 18.2 Å². The fourth-order valence-electron chi connectivity index (χ4n) is 3.41. The molecule has 25 heavy (non-hydrogen) atoms. The summed E-state index contributed by atoms with van der Waals surface area (Å²) in [5.41, 5.74) is -0.380. The average molecular weight is 362 g/mol. The van der Waals surface area contributed by atoms with E-state index >= 15 is 0 Å². The minimum absolute atomic E-state index is 0.0332. The van der Waals surface area contributed by atoms with Crippen molar-refractivity contribution in [1.82, 2.24) is 0 Å². The first-order valence-electron chi connectivity index (χ1n) is 7.93. The first kappa shape index (κ1) is 18.6. The van der Waals surface area contributed by atoms with Gasteiger partial charge in [-0.05, 0) is 38.0 Å². The van der Waals surface area contributed by atoms with Gasteiger partial charge in [-0.3, -0.25) is 0 Å². The SMILES string of the molecule is CO[C@@H]1O[C@H]([C@@H](O)c2ccc(C(F)(F)F)c(C)c2)[C@H]2OC(C)(C)O[C@@H]12. The van der Waals surface area contributed by atoms with Gasteiger partial charge in [0.2, 0.25) is 0 Å². The molecule has 5 atom stereocenters. The quantitative estimate of drug-likeness (QED) is 0.896. The van der Waals surface area contributed by atoms with Crippen molar-refractivity contribution in [3.05, 3.63) is 34.9 Å². The van der Waals surface area contributed by atoms with Crippen LogP contribution in [0.4, 0.5) is 13.2 Å². The topological polar surface area (TPSA) is 57.2 Å². The maximum atomic E-state index is 12.9. The summed E-state index contributed by atoms with van der Waals surface area (Å²) < 4.78 is 61.2. The second-order valence-corrected chi connectivity index (χ2v) is 6.79. The number of fused-ring (bicyclic) bond motifs is 1. The van der Waals surface area contributed by atoms with E-state index in [1.54, 1.807) is 13.8 Å². The molecule has 1 N–H and O–H groups in total. The lowest BCUT2D eigenvalue weighted by Gasteiger charge is -2.26. The van der Waals surface area contributed by atoms with Gasteiger partial charge in [0.25, 0.3) is 0 Å². The second kappa shape index (κ2) is 6.21. The molecule has 140 valence electrons. The molecule has 2 aliphatic heterocycles. The monoisotopic (exact) mass is 362 g/mol. The molecule has 1 aromatic carbocycles. The number of benzene rings is 1. The van der Waals surface area contributed by atoms with Crippen molar-refractivity contribution >= 4 is 0 Å². The van der Waals surface area contributed by atoms with Gasteiger partial charge in [0.1, 0.15) is 24.4 Å². The van der Waals surface area contributed by atoms with Crippen LogP contribution in [0.5, 0.6) is 0 Å². The summed E-state index contributed by atoms with van der Waals surface area (Å²) in [6.07, 6.45) is -8.25. The van der Waals surface area contributed by atoms with Crippen LogP contribution in [0.2, 0.25) is 0 Å². The van der Waals surface area contributed by atoms with E-state index in [0.29, 0.717) is 5.56 Å². The number of aliphatic hydroxyl groups is 1. The molecule has 0 unspecified atom stereocenters. The average Bonchev–Trinajstić information content (AvgIpc) is 2.97. The van der Waals surface area contributed by atoms with Crippen LogP contribution in [-0.4, -0.2) is 42.6 Å². The molecular weight excluding hydrogens is 341 g/mol. The highest BCUT2D eigenvalue weighted by Gasteiger charge is 2.57. The Hall–Kier alpha value is -1.19. The molecule has 2 saturated heterocycles. The lowest BCUT2D eigenvalue weighted by molar-refractivity contribution is -0.237. The Morgan fingerprint density at radius 1 is 1.20 bits per heavy atom. The Morgan fingerprint density at radius 3 is 2.40 bits per heavy atom. The smallest absolute Gasteiger partial charge is 0.386 e. The molecule has 0 spiro atoms. The summed E-state index contributed by atoms with van der Waals surface area (Å²) in [4.78, 5) is 0. The van der Waals surface area contributed by atoms with Crippen LogP contribution in [0, 0.1) is 6.92 Å². The minimum Gasteiger partial charge on any atom is -0.386 e. The zero-order chi connectivity index (χ0) is 18.6. The van der Waals surface area contributed by atoms with Gasteiger partial charge < -0.3 is 24.1 Å². The van der Waals surface area contributed by atoms with E-state index in [0.717, 1.165) is 6.07 Å². The predicted molar refractivity (Wildman–Crippen MR) is 80.6 cm³/mol. The third-order valence-electron chi connectivity index (χ3n) is 4.49. The standard InChI is InChI=1S/C17H21F3O5/c1-8-7-9(5-6-10(8)17(18,19)20)11(21)12-13-14(15(22-4)23-12)25-16(2,3)24-13/h5-7,11-15,21H,1-4H3/t11-,12+,13+,14+,15+/m0/s1. The highest BCUT2D eigenvalue weighted by atomic mass is 19.4. The number of rotatable bonds is 3. The van der Waals surface area contributed by atoms with Crippen molar-refractivity contribution in [3.8, 4) is 0 Å². The molecule has 5 nitrogen and oxygen atoms in total. The van der Waals surface area contributed by atoms with E-state index in [2.05, 4.69) is 0 Å². The number of hydrogen-bond acceptors (Lipinski definition) is 5. The number of aryl methyl sites for hydroxylation is 1. The van der Waals surface area contributed by atoms with Crippen LogP contribution < -0.4 is 0 Å². The van der Waals surface area contributed by atoms with E-state index in [-0.39, 0.29) is 5.56 Å². The third kappa shape index (κ3) is 3.41. The van der Waals surface area contributed by atoms with Crippen molar-refractivity contribution in [2.75, 3.05) is 7.11 Å². The van der Waals surface area contributed by atoms with E-state index in [4.69, 9.17) is 18.9 Å². The van der Waals surface area contributed by atoms with Crippen molar-refractivity contribution in [2.45, 2.75) is 63.4 Å². The maximum absolute atomic E-state index is 12.9. The molecule has 0 amide bonds. The van der Waals surface area contributed by atoms with Crippen molar-refractivity contribution in [2.24, 2.45) is 0 Å². The number of alkyl halides is 3. The zero-order valence-electron chi connectivity index (χ0n) is 14.3. The van der Waals surface area contributed by atoms with Gasteiger partial charge in [-0.25, -0.2) is 0 Å². The van der Waals surface area contributed by atoms with E-state index in [1.807, 2.05) is 0 Å². The molecule has 0 aromatic heterocycles. The largest absolute Gasteiger partial charge is 0.416 e. The zero-order valence-corrected chi connectivity index (χ0v) is 14.3. The number of aliphatic hydroxyl groups excluding tert-OH is 1. The molecule has 3 rings (SSSR count). The van der Waals surface area contributed by atoms with Crippen LogP contribution in [0.25, 0.3) is 0 Å². The summed E-state index contributed by atoms with van der Waals surface area (Å²) in [5, 5.41) is 10.7. The van der Waals surface area contributed by atoms with Gasteiger partial charge in [0.05, 0.1) is 5.56 Å². The van der Waals surface area contributed by atoms with Crippen LogP contribution in [-0.2, 0) is 25.1 Å². The van der Waals surface area contributed by atoms with Gasteiger partial charge in [0, 0.05) is 7.11 Å². The van der Waals surface area contributed by atoms with Crippen molar-refractivity contribution in [3.63, 3.8) is 0 Å². The first-order valence-corrected chi connectivity index (χ1v) is 7.93. The van der Waals surface area contributed by atoms with Crippen molar-refractivity contribution < 1.29 is 37.2 Å². The maximum Gasteiger partial charge on any atom is 0.416 e. The number of hydrogen-bond donors (Lipinski definition) is 1. The fourth-order valence-corrected chi connectivity index (χ4v) is 3.41. The summed E-state index contributed by atoms with van der Waals surface area (Å²) in [6, 6.07) is 3.52. The Kier molecular flexibility index (Phi) is 4.62. The number of halogens is 3. The Labute approximate surface area is 143 Å². The predicted octanol–water partition coefficient (Wildman–Crippen LogP) is 2.94. The molecule has 0 radical (unpaired) electrons. The molecule has 1 aromatic rings. The van der Waals surface area contributed by atoms with Gasteiger partial charge in [-0.15, -0.1) is 0 Å². The van der Waals surface area contributed by atoms with E-state index < -0.39 is 48.2 Å². The molecule has 0 saturated carbocycles. The first-order chi connectivity index (χ1) is 11.5. The van der Waals surface area contributed by atoms with E-state index in [9.17, 15) is 18.3 Å². The Morgan fingerprint density at radius 2 is 1.84 bits per heavy atom. The van der Waals surface area contributed by atoms with Gasteiger partial charge in [0.15, 0.2) is 12.1 Å². The van der Waals surface area contributed by atoms with Crippen LogP contribution in [0.3, 0.4) is 0 Å². The Balaban J connectivity index is 1.86. The minimum atomic E-state index is -4.43. The summed E-state index contributed by atoms with van der Waals surface area (Å²) in [7, 11) is 1.45. The van der Waals surface area contributed by atoms with Crippen LogP contribution in [0.1, 0.15) is 36.6 Å². The fraction of sp³-hybridized carbons (Fsp3) is 0.647. The normalized spacial score (nSPS) is 32.6. The van der Waals surface area contributed by atoms with E-state index in [1.165, 1.54) is 26.2 Å². The lowest BCUT2D eigenvalue weighted by Crippen LogP contribution is -2.34. The number of methoxy groups -OCH3 is 1. The number of ether oxygens (including phenoxy) is 4. The highest BCUT2D eigenvalue weighted by Crippen LogP contribution is 2.43. The second-order valence-electron chi connectivity index (χ2n) is 6.79.